The average Bonchev–Trinajstić information content (AvgIpc) is 2.16. The number of ketones is 1. The molecule has 0 heterocycles. The van der Waals surface area contributed by atoms with Crippen LogP contribution < -0.4 is 0 Å². The van der Waals surface area contributed by atoms with Crippen molar-refractivity contribution in [1.82, 2.24) is 0 Å². The summed E-state index contributed by atoms with van der Waals surface area (Å²) in [6.07, 6.45) is 1.01. The van der Waals surface area contributed by atoms with Gasteiger partial charge in [-0.05, 0) is 6.92 Å². The molecular weight excluding hydrogens is 208 g/mol. The van der Waals surface area contributed by atoms with Gasteiger partial charge in [-0.2, -0.15) is 0 Å². The zero-order valence-corrected chi connectivity index (χ0v) is 8.54. The van der Waals surface area contributed by atoms with E-state index >= 15 is 0 Å². The fraction of sp³-hybridized carbons (Fsp3) is 0.333. The maximum atomic E-state index is 11.2. The normalized spacial score (nSPS) is 11.3. The van der Waals surface area contributed by atoms with Crippen LogP contribution in [0.15, 0.2) is 25.0 Å². The Hall–Kier alpha value is -1.29. The molecule has 1 atom stereocenters. The molecular formula is C9H11ClO4. The van der Waals surface area contributed by atoms with Gasteiger partial charge in [0.05, 0.1) is 12.9 Å². The van der Waals surface area contributed by atoms with Crippen LogP contribution in [-0.4, -0.2) is 23.9 Å². The molecule has 0 rings (SSSR count). The van der Waals surface area contributed by atoms with Crippen molar-refractivity contribution in [2.75, 3.05) is 6.61 Å². The lowest BCUT2D eigenvalue weighted by atomic mass is 10.2. The Morgan fingerprint density at radius 2 is 2.14 bits per heavy atom. The van der Waals surface area contributed by atoms with Crippen LogP contribution in [0.5, 0.6) is 0 Å². The van der Waals surface area contributed by atoms with Gasteiger partial charge in [0.25, 0.3) is 0 Å². The van der Waals surface area contributed by atoms with E-state index in [0.29, 0.717) is 0 Å². The largest absolute Gasteiger partial charge is 0.475 e. The Labute approximate surface area is 87.1 Å². The van der Waals surface area contributed by atoms with E-state index in [1.54, 1.807) is 6.92 Å². The number of carbonyl (C=O) groups excluding carboxylic acids is 2. The van der Waals surface area contributed by atoms with Crippen molar-refractivity contribution >= 4 is 23.4 Å². The van der Waals surface area contributed by atoms with Gasteiger partial charge in [0.15, 0.2) is 0 Å². The molecule has 0 aliphatic heterocycles. The smallest absolute Gasteiger partial charge is 0.341 e. The third kappa shape index (κ3) is 3.62. The van der Waals surface area contributed by atoms with E-state index in [-0.39, 0.29) is 12.2 Å². The molecule has 0 amide bonds. The summed E-state index contributed by atoms with van der Waals surface area (Å²) in [6, 6.07) is 0. The van der Waals surface area contributed by atoms with E-state index in [2.05, 4.69) is 22.6 Å². The molecule has 0 saturated carbocycles. The monoisotopic (exact) mass is 218 g/mol. The second-order valence-electron chi connectivity index (χ2n) is 2.18. The van der Waals surface area contributed by atoms with Crippen LogP contribution in [0.4, 0.5) is 0 Å². The number of halogens is 1. The van der Waals surface area contributed by atoms with Crippen LogP contribution in [0, 0.1) is 0 Å². The molecule has 4 nitrogen and oxygen atoms in total. The Balaban J connectivity index is 4.31. The Kier molecular flexibility index (Phi) is 5.64. The van der Waals surface area contributed by atoms with Crippen LogP contribution >= 0.6 is 11.6 Å². The molecule has 0 aromatic heterocycles. The van der Waals surface area contributed by atoms with E-state index in [0.717, 1.165) is 6.26 Å². The first-order valence-corrected chi connectivity index (χ1v) is 4.28. The van der Waals surface area contributed by atoms with Crippen molar-refractivity contribution in [2.24, 2.45) is 0 Å². The minimum atomic E-state index is -1.29. The number of carbonyl (C=O) groups is 2. The molecule has 0 aromatic rings. The van der Waals surface area contributed by atoms with Crippen molar-refractivity contribution in [3.8, 4) is 0 Å². The number of hydrogen-bond donors (Lipinski definition) is 0. The molecule has 1 unspecified atom stereocenters. The second kappa shape index (κ2) is 6.21. The fourth-order valence-corrected chi connectivity index (χ4v) is 0.807. The lowest BCUT2D eigenvalue weighted by Gasteiger charge is -2.08. The minimum Gasteiger partial charge on any atom is -0.475 e. The quantitative estimate of drug-likeness (QED) is 0.169. The van der Waals surface area contributed by atoms with Crippen LogP contribution in [0.3, 0.4) is 0 Å². The zero-order chi connectivity index (χ0) is 11.1. The molecule has 0 fully saturated rings. The zero-order valence-electron chi connectivity index (χ0n) is 7.79. The lowest BCUT2D eigenvalue weighted by Crippen LogP contribution is -2.23. The maximum absolute atomic E-state index is 11.2. The predicted molar refractivity (Wildman–Crippen MR) is 51.7 cm³/mol. The van der Waals surface area contributed by atoms with Gasteiger partial charge in [-0.15, -0.1) is 0 Å². The minimum absolute atomic E-state index is 0.167. The molecule has 0 bridgehead atoms. The topological polar surface area (TPSA) is 52.6 Å². The summed E-state index contributed by atoms with van der Waals surface area (Å²) in [5.41, 5.74) is -1.63. The summed E-state index contributed by atoms with van der Waals surface area (Å²) in [7, 11) is 0. The highest BCUT2D eigenvalue weighted by atomic mass is 35.5. The number of rotatable bonds is 6. The van der Waals surface area contributed by atoms with E-state index in [1.165, 1.54) is 0 Å². The van der Waals surface area contributed by atoms with Gasteiger partial charge >= 0.3 is 5.97 Å². The summed E-state index contributed by atoms with van der Waals surface area (Å²) in [4.78, 5) is 22.3. The number of hydrogen-bond acceptors (Lipinski definition) is 4. The molecule has 0 spiro atoms. The van der Waals surface area contributed by atoms with Crippen molar-refractivity contribution in [1.29, 1.82) is 0 Å². The molecule has 0 N–H and O–H groups in total. The first kappa shape index (κ1) is 12.7. The highest BCUT2D eigenvalue weighted by Crippen LogP contribution is 2.08. The summed E-state index contributed by atoms with van der Waals surface area (Å²) in [6.45, 7) is 8.26. The summed E-state index contributed by atoms with van der Waals surface area (Å²) < 4.78 is 9.12. The van der Waals surface area contributed by atoms with Gasteiger partial charge in [-0.1, -0.05) is 24.8 Å². The number of Topliss-reactive ketones (excluding diaryl/α,β-unsaturated/α-hetero) is 1. The second-order valence-corrected chi connectivity index (χ2v) is 2.58. The molecule has 0 radical (unpaired) electrons. The standard InChI is InChI=1S/C9H11ClO4/c1-4-13-8(10)7(11)6(3)9(12)14-5-2/h4,8H,1,3,5H2,2H3. The first-order chi connectivity index (χ1) is 6.54. The summed E-state index contributed by atoms with van der Waals surface area (Å²) in [5, 5.41) is 0. The molecule has 0 aliphatic carbocycles. The molecule has 0 saturated heterocycles. The summed E-state index contributed by atoms with van der Waals surface area (Å²) >= 11 is 5.46. The highest BCUT2D eigenvalue weighted by molar-refractivity contribution is 6.36. The van der Waals surface area contributed by atoms with Crippen LogP contribution in [-0.2, 0) is 19.1 Å². The number of esters is 1. The van der Waals surface area contributed by atoms with Crippen molar-refractivity contribution in [3.63, 3.8) is 0 Å². The van der Waals surface area contributed by atoms with E-state index in [4.69, 9.17) is 11.6 Å². The maximum Gasteiger partial charge on any atom is 0.341 e. The van der Waals surface area contributed by atoms with Gasteiger partial charge in [-0.25, -0.2) is 4.79 Å². The average molecular weight is 219 g/mol. The molecule has 5 heteroatoms. The molecule has 0 aliphatic rings. The third-order valence-corrected chi connectivity index (χ3v) is 1.54. The Bertz CT molecular complexity index is 260. The SMILES string of the molecule is C=COC(Cl)C(=O)C(=C)C(=O)OCC. The first-order valence-electron chi connectivity index (χ1n) is 3.85. The van der Waals surface area contributed by atoms with Crippen LogP contribution in [0.2, 0.25) is 0 Å². The van der Waals surface area contributed by atoms with E-state index < -0.39 is 17.3 Å². The van der Waals surface area contributed by atoms with Crippen LogP contribution in [0.1, 0.15) is 6.92 Å². The number of alkyl halides is 1. The van der Waals surface area contributed by atoms with Gasteiger partial charge in [0.2, 0.25) is 11.3 Å². The Morgan fingerprint density at radius 1 is 1.57 bits per heavy atom. The van der Waals surface area contributed by atoms with Gasteiger partial charge in [0, 0.05) is 0 Å². The van der Waals surface area contributed by atoms with Gasteiger partial charge in [0.1, 0.15) is 5.57 Å². The van der Waals surface area contributed by atoms with Gasteiger partial charge < -0.3 is 9.47 Å². The van der Waals surface area contributed by atoms with Crippen molar-refractivity contribution in [2.45, 2.75) is 12.5 Å². The molecule has 78 valence electrons. The third-order valence-electron chi connectivity index (χ3n) is 1.24. The summed E-state index contributed by atoms with van der Waals surface area (Å²) in [5.74, 6) is -1.53. The lowest BCUT2D eigenvalue weighted by molar-refractivity contribution is -0.140. The molecule has 0 aromatic carbocycles. The highest BCUT2D eigenvalue weighted by Gasteiger charge is 2.24. The Morgan fingerprint density at radius 3 is 2.57 bits per heavy atom. The van der Waals surface area contributed by atoms with Crippen LogP contribution in [0.25, 0.3) is 0 Å². The van der Waals surface area contributed by atoms with E-state index in [9.17, 15) is 9.59 Å². The number of ether oxygens (including phenoxy) is 2. The fourth-order valence-electron chi connectivity index (χ4n) is 0.602. The molecule has 14 heavy (non-hydrogen) atoms. The van der Waals surface area contributed by atoms with Crippen molar-refractivity contribution < 1.29 is 19.1 Å². The van der Waals surface area contributed by atoms with Gasteiger partial charge in [-0.3, -0.25) is 4.79 Å². The predicted octanol–water partition coefficient (Wildman–Crippen LogP) is 1.40. The van der Waals surface area contributed by atoms with E-state index in [1.807, 2.05) is 0 Å². The van der Waals surface area contributed by atoms with Crippen molar-refractivity contribution in [3.05, 3.63) is 25.0 Å².